The largest absolute Gasteiger partial charge is 0.475 e. The zero-order chi connectivity index (χ0) is 10.1. The molecule has 0 amide bonds. The molecular formula is C9H12N2O3. The molecule has 0 spiro atoms. The van der Waals surface area contributed by atoms with Gasteiger partial charge in [0.25, 0.3) is 5.82 Å². The summed E-state index contributed by atoms with van der Waals surface area (Å²) in [6, 6.07) is 0. The lowest BCUT2D eigenvalue weighted by Crippen LogP contribution is -2.18. The van der Waals surface area contributed by atoms with E-state index >= 15 is 0 Å². The fourth-order valence-corrected chi connectivity index (χ4v) is 1.65. The van der Waals surface area contributed by atoms with Gasteiger partial charge in [-0.05, 0) is 23.9 Å². The Morgan fingerprint density at radius 1 is 1.64 bits per heavy atom. The number of carboxylic acids is 1. The molecule has 1 atom stereocenters. The first kappa shape index (κ1) is 9.18. The van der Waals surface area contributed by atoms with Gasteiger partial charge in [-0.25, -0.2) is 4.79 Å². The molecule has 1 heterocycles. The molecular weight excluding hydrogens is 184 g/mol. The van der Waals surface area contributed by atoms with E-state index in [4.69, 9.17) is 9.63 Å². The van der Waals surface area contributed by atoms with Crippen molar-refractivity contribution in [2.24, 2.45) is 5.92 Å². The number of aromatic carboxylic acids is 1. The summed E-state index contributed by atoms with van der Waals surface area (Å²) in [4.78, 5) is 14.3. The van der Waals surface area contributed by atoms with Crippen LogP contribution in [0, 0.1) is 5.92 Å². The third-order valence-corrected chi connectivity index (χ3v) is 2.88. The summed E-state index contributed by atoms with van der Waals surface area (Å²) in [7, 11) is 0. The average Bonchev–Trinajstić information content (AvgIpc) is 2.48. The van der Waals surface area contributed by atoms with E-state index in [2.05, 4.69) is 10.1 Å². The van der Waals surface area contributed by atoms with Crippen molar-refractivity contribution in [1.82, 2.24) is 10.1 Å². The van der Waals surface area contributed by atoms with Crippen LogP contribution >= 0.6 is 0 Å². The number of hydrogen-bond donors (Lipinski definition) is 1. The van der Waals surface area contributed by atoms with Gasteiger partial charge in [-0.15, -0.1) is 0 Å². The summed E-state index contributed by atoms with van der Waals surface area (Å²) in [5.41, 5.74) is 0. The minimum absolute atomic E-state index is 0.185. The number of nitrogens with zero attached hydrogens (tertiary/aromatic N) is 2. The second-order valence-corrected chi connectivity index (χ2v) is 3.74. The molecule has 0 bridgehead atoms. The van der Waals surface area contributed by atoms with Crippen LogP contribution in [0.25, 0.3) is 0 Å². The van der Waals surface area contributed by atoms with E-state index in [0.29, 0.717) is 11.8 Å². The maximum absolute atomic E-state index is 10.5. The summed E-state index contributed by atoms with van der Waals surface area (Å²) in [5.74, 6) is -0.166. The van der Waals surface area contributed by atoms with Crippen molar-refractivity contribution in [3.05, 3.63) is 11.7 Å². The molecule has 0 aliphatic heterocycles. The maximum atomic E-state index is 10.5. The zero-order valence-electron chi connectivity index (χ0n) is 7.93. The highest BCUT2D eigenvalue weighted by molar-refractivity contribution is 5.82. The lowest BCUT2D eigenvalue weighted by molar-refractivity contribution is 0.0680. The predicted octanol–water partition coefficient (Wildman–Crippen LogP) is 1.67. The van der Waals surface area contributed by atoms with Crippen molar-refractivity contribution < 1.29 is 14.4 Å². The van der Waals surface area contributed by atoms with Gasteiger partial charge < -0.3 is 9.63 Å². The molecule has 1 unspecified atom stereocenters. The fourth-order valence-electron chi connectivity index (χ4n) is 1.65. The molecule has 1 aliphatic rings. The van der Waals surface area contributed by atoms with E-state index in [9.17, 15) is 4.79 Å². The Morgan fingerprint density at radius 3 is 2.79 bits per heavy atom. The van der Waals surface area contributed by atoms with Crippen molar-refractivity contribution in [1.29, 1.82) is 0 Å². The Bertz CT molecular complexity index is 344. The van der Waals surface area contributed by atoms with Crippen LogP contribution in [0.3, 0.4) is 0 Å². The number of carboxylic acid groups (broad SMARTS) is 1. The van der Waals surface area contributed by atoms with Crippen molar-refractivity contribution >= 4 is 5.97 Å². The Morgan fingerprint density at radius 2 is 2.36 bits per heavy atom. The SMILES string of the molecule is CC(c1nc(C(=O)O)no1)C1CCC1. The van der Waals surface area contributed by atoms with Crippen molar-refractivity contribution in [2.75, 3.05) is 0 Å². The highest BCUT2D eigenvalue weighted by atomic mass is 16.5. The standard InChI is InChI=1S/C9H12N2O3/c1-5(6-3-2-4-6)8-10-7(9(12)13)11-14-8/h5-6H,2-4H2,1H3,(H,12,13). The molecule has 1 fully saturated rings. The smallest absolute Gasteiger partial charge is 0.377 e. The molecule has 5 heteroatoms. The minimum Gasteiger partial charge on any atom is -0.475 e. The molecule has 1 N–H and O–H groups in total. The lowest BCUT2D eigenvalue weighted by atomic mass is 9.77. The van der Waals surface area contributed by atoms with Crippen LogP contribution in [-0.2, 0) is 0 Å². The normalized spacial score (nSPS) is 18.9. The number of aromatic nitrogens is 2. The monoisotopic (exact) mass is 196 g/mol. The zero-order valence-corrected chi connectivity index (χ0v) is 7.93. The summed E-state index contributed by atoms with van der Waals surface area (Å²) < 4.78 is 4.90. The highest BCUT2D eigenvalue weighted by Gasteiger charge is 2.29. The van der Waals surface area contributed by atoms with Crippen molar-refractivity contribution in [3.8, 4) is 0 Å². The topological polar surface area (TPSA) is 76.2 Å². The first-order valence-corrected chi connectivity index (χ1v) is 4.75. The van der Waals surface area contributed by atoms with Crippen LogP contribution in [0.15, 0.2) is 4.52 Å². The quantitative estimate of drug-likeness (QED) is 0.795. The molecule has 1 aromatic rings. The Hall–Kier alpha value is -1.39. The molecule has 2 rings (SSSR count). The number of rotatable bonds is 3. The van der Waals surface area contributed by atoms with Crippen LogP contribution in [-0.4, -0.2) is 21.2 Å². The van der Waals surface area contributed by atoms with Gasteiger partial charge in [0.2, 0.25) is 5.89 Å². The molecule has 5 nitrogen and oxygen atoms in total. The predicted molar refractivity (Wildman–Crippen MR) is 47.0 cm³/mol. The fraction of sp³-hybridized carbons (Fsp3) is 0.667. The Labute approximate surface area is 81.1 Å². The second-order valence-electron chi connectivity index (χ2n) is 3.74. The highest BCUT2D eigenvalue weighted by Crippen LogP contribution is 2.38. The van der Waals surface area contributed by atoms with Gasteiger partial charge in [0.05, 0.1) is 0 Å². The van der Waals surface area contributed by atoms with Crippen molar-refractivity contribution in [3.63, 3.8) is 0 Å². The van der Waals surface area contributed by atoms with Gasteiger partial charge >= 0.3 is 5.97 Å². The average molecular weight is 196 g/mol. The van der Waals surface area contributed by atoms with Crippen LogP contribution < -0.4 is 0 Å². The van der Waals surface area contributed by atoms with Gasteiger partial charge in [0.15, 0.2) is 0 Å². The molecule has 0 aromatic carbocycles. The first-order valence-electron chi connectivity index (χ1n) is 4.75. The lowest BCUT2D eigenvalue weighted by Gasteiger charge is -2.28. The van der Waals surface area contributed by atoms with E-state index in [-0.39, 0.29) is 11.7 Å². The van der Waals surface area contributed by atoms with E-state index in [1.165, 1.54) is 19.3 Å². The molecule has 0 saturated heterocycles. The maximum Gasteiger partial charge on any atom is 0.377 e. The van der Waals surface area contributed by atoms with E-state index in [0.717, 1.165) is 0 Å². The first-order chi connectivity index (χ1) is 6.68. The summed E-state index contributed by atoms with van der Waals surface area (Å²) in [5, 5.41) is 12.0. The van der Waals surface area contributed by atoms with Crippen molar-refractivity contribution in [2.45, 2.75) is 32.1 Å². The second kappa shape index (κ2) is 3.40. The van der Waals surface area contributed by atoms with E-state index < -0.39 is 5.97 Å². The molecule has 1 aliphatic carbocycles. The third kappa shape index (κ3) is 1.49. The van der Waals surface area contributed by atoms with Gasteiger partial charge in [-0.2, -0.15) is 4.98 Å². The van der Waals surface area contributed by atoms with Gasteiger partial charge in [-0.1, -0.05) is 13.3 Å². The Balaban J connectivity index is 2.11. The molecule has 0 radical (unpaired) electrons. The summed E-state index contributed by atoms with van der Waals surface area (Å²) >= 11 is 0. The van der Waals surface area contributed by atoms with Gasteiger partial charge in [-0.3, -0.25) is 0 Å². The Kier molecular flexibility index (Phi) is 2.23. The van der Waals surface area contributed by atoms with Gasteiger partial charge in [0, 0.05) is 5.92 Å². The third-order valence-electron chi connectivity index (χ3n) is 2.88. The molecule has 14 heavy (non-hydrogen) atoms. The van der Waals surface area contributed by atoms with Crippen LogP contribution in [0.4, 0.5) is 0 Å². The summed E-state index contributed by atoms with van der Waals surface area (Å²) in [6.45, 7) is 2.00. The van der Waals surface area contributed by atoms with Crippen LogP contribution in [0.1, 0.15) is 48.6 Å². The van der Waals surface area contributed by atoms with Gasteiger partial charge in [0.1, 0.15) is 0 Å². The van der Waals surface area contributed by atoms with E-state index in [1.54, 1.807) is 0 Å². The summed E-state index contributed by atoms with van der Waals surface area (Å²) in [6.07, 6.45) is 3.59. The van der Waals surface area contributed by atoms with Crippen LogP contribution in [0.5, 0.6) is 0 Å². The molecule has 1 saturated carbocycles. The number of hydrogen-bond acceptors (Lipinski definition) is 4. The van der Waals surface area contributed by atoms with Crippen LogP contribution in [0.2, 0.25) is 0 Å². The van der Waals surface area contributed by atoms with E-state index in [1.807, 2.05) is 6.92 Å². The number of carbonyl (C=O) groups is 1. The molecule has 76 valence electrons. The minimum atomic E-state index is -1.14. The molecule has 1 aromatic heterocycles.